The molecule has 2 rings (SSSR count). The lowest BCUT2D eigenvalue weighted by molar-refractivity contribution is -0.137. The zero-order valence-corrected chi connectivity index (χ0v) is 11.1. The molecule has 1 aliphatic heterocycles. The summed E-state index contributed by atoms with van der Waals surface area (Å²) < 4.78 is 0. The van der Waals surface area contributed by atoms with Gasteiger partial charge in [0.05, 0.1) is 0 Å². The quantitative estimate of drug-likeness (QED) is 0.832. The van der Waals surface area contributed by atoms with Crippen molar-refractivity contribution < 1.29 is 14.7 Å². The van der Waals surface area contributed by atoms with Gasteiger partial charge in [-0.1, -0.05) is 17.7 Å². The Labute approximate surface area is 116 Å². The summed E-state index contributed by atoms with van der Waals surface area (Å²) in [7, 11) is 0. The van der Waals surface area contributed by atoms with Crippen LogP contribution in [0.5, 0.6) is 0 Å². The van der Waals surface area contributed by atoms with Crippen LogP contribution in [0, 0.1) is 0 Å². The van der Waals surface area contributed by atoms with Crippen LogP contribution in [0.2, 0.25) is 5.02 Å². The van der Waals surface area contributed by atoms with Gasteiger partial charge in [0, 0.05) is 31.1 Å². The predicted molar refractivity (Wildman–Crippen MR) is 71.0 cm³/mol. The van der Waals surface area contributed by atoms with E-state index < -0.39 is 5.97 Å². The fraction of sp³-hybridized carbons (Fsp3) is 0.385. The number of carbonyl (C=O) groups excluding carboxylic acids is 1. The number of nitrogens with zero attached hydrogens (tertiary/aromatic N) is 1. The molecule has 0 bridgehead atoms. The average molecular weight is 283 g/mol. The van der Waals surface area contributed by atoms with E-state index in [4.69, 9.17) is 16.7 Å². The van der Waals surface area contributed by atoms with Crippen LogP contribution in [0.15, 0.2) is 18.2 Å². The number of urea groups is 1. The van der Waals surface area contributed by atoms with Crippen LogP contribution in [0.1, 0.15) is 24.0 Å². The van der Waals surface area contributed by atoms with Gasteiger partial charge in [-0.3, -0.25) is 4.79 Å². The lowest BCUT2D eigenvalue weighted by Gasteiger charge is -2.16. The van der Waals surface area contributed by atoms with Gasteiger partial charge in [-0.2, -0.15) is 0 Å². The van der Waals surface area contributed by atoms with E-state index in [2.05, 4.69) is 5.32 Å². The minimum atomic E-state index is -0.850. The van der Waals surface area contributed by atoms with Gasteiger partial charge in [0.15, 0.2) is 0 Å². The SMILES string of the molecule is O=C(O)CCCNC(=O)N1Cc2ccc(Cl)cc2C1. The van der Waals surface area contributed by atoms with E-state index >= 15 is 0 Å². The fourth-order valence-corrected chi connectivity index (χ4v) is 2.25. The minimum Gasteiger partial charge on any atom is -0.481 e. The molecular formula is C13H15ClN2O3. The van der Waals surface area contributed by atoms with Crippen molar-refractivity contribution in [1.82, 2.24) is 10.2 Å². The zero-order valence-electron chi connectivity index (χ0n) is 10.4. The molecule has 1 aromatic carbocycles. The third kappa shape index (κ3) is 3.61. The first-order valence-corrected chi connectivity index (χ1v) is 6.46. The van der Waals surface area contributed by atoms with E-state index in [0.717, 1.165) is 11.1 Å². The van der Waals surface area contributed by atoms with Crippen molar-refractivity contribution in [2.45, 2.75) is 25.9 Å². The number of benzene rings is 1. The number of nitrogens with one attached hydrogen (secondary N) is 1. The molecule has 0 spiro atoms. The number of carbonyl (C=O) groups is 2. The van der Waals surface area contributed by atoms with Gasteiger partial charge in [0.25, 0.3) is 0 Å². The smallest absolute Gasteiger partial charge is 0.318 e. The molecule has 0 fully saturated rings. The standard InChI is InChI=1S/C13H15ClN2O3/c14-11-4-3-9-7-16(8-10(9)6-11)13(19)15-5-1-2-12(17)18/h3-4,6H,1-2,5,7-8H2,(H,15,19)(H,17,18). The van der Waals surface area contributed by atoms with Crippen LogP contribution in [0.3, 0.4) is 0 Å². The van der Waals surface area contributed by atoms with Gasteiger partial charge in [0.2, 0.25) is 0 Å². The van der Waals surface area contributed by atoms with E-state index in [-0.39, 0.29) is 12.5 Å². The molecule has 6 heteroatoms. The molecule has 1 aromatic rings. The summed E-state index contributed by atoms with van der Waals surface area (Å²) in [5, 5.41) is 11.9. The molecule has 5 nitrogen and oxygen atoms in total. The molecule has 0 unspecified atom stereocenters. The Hall–Kier alpha value is -1.75. The maximum atomic E-state index is 11.9. The highest BCUT2D eigenvalue weighted by Gasteiger charge is 2.22. The van der Waals surface area contributed by atoms with Crippen molar-refractivity contribution in [1.29, 1.82) is 0 Å². The number of carboxylic acid groups (broad SMARTS) is 1. The first-order valence-electron chi connectivity index (χ1n) is 6.08. The Kier molecular flexibility index (Phi) is 4.27. The Morgan fingerprint density at radius 2 is 2.05 bits per heavy atom. The molecule has 102 valence electrons. The van der Waals surface area contributed by atoms with Crippen molar-refractivity contribution in [3.63, 3.8) is 0 Å². The molecule has 0 aromatic heterocycles. The van der Waals surface area contributed by atoms with Crippen LogP contribution in [-0.4, -0.2) is 28.6 Å². The number of amides is 2. The molecule has 1 heterocycles. The third-order valence-corrected chi connectivity index (χ3v) is 3.26. The fourth-order valence-electron chi connectivity index (χ4n) is 2.05. The summed E-state index contributed by atoms with van der Waals surface area (Å²) in [4.78, 5) is 23.9. The van der Waals surface area contributed by atoms with Gasteiger partial charge in [-0.25, -0.2) is 4.79 Å². The second kappa shape index (κ2) is 5.93. The van der Waals surface area contributed by atoms with Crippen LogP contribution in [0.25, 0.3) is 0 Å². The van der Waals surface area contributed by atoms with Crippen molar-refractivity contribution in [3.05, 3.63) is 34.3 Å². The molecular weight excluding hydrogens is 268 g/mol. The molecule has 2 amide bonds. The van der Waals surface area contributed by atoms with Crippen molar-refractivity contribution >= 4 is 23.6 Å². The summed E-state index contributed by atoms with van der Waals surface area (Å²) in [6, 6.07) is 5.44. The summed E-state index contributed by atoms with van der Waals surface area (Å²) in [5.41, 5.74) is 2.17. The Morgan fingerprint density at radius 1 is 1.32 bits per heavy atom. The van der Waals surface area contributed by atoms with Crippen molar-refractivity contribution in [2.24, 2.45) is 0 Å². The number of hydrogen-bond donors (Lipinski definition) is 2. The van der Waals surface area contributed by atoms with Gasteiger partial charge in [-0.15, -0.1) is 0 Å². The molecule has 0 saturated heterocycles. The topological polar surface area (TPSA) is 69.6 Å². The Morgan fingerprint density at radius 3 is 2.79 bits per heavy atom. The molecule has 0 saturated carbocycles. The molecule has 0 aliphatic carbocycles. The van der Waals surface area contributed by atoms with Crippen molar-refractivity contribution in [3.8, 4) is 0 Å². The Balaban J connectivity index is 1.82. The van der Waals surface area contributed by atoms with Gasteiger partial charge in [0.1, 0.15) is 0 Å². The maximum Gasteiger partial charge on any atom is 0.318 e. The highest BCUT2D eigenvalue weighted by molar-refractivity contribution is 6.30. The Bertz CT molecular complexity index is 505. The van der Waals surface area contributed by atoms with E-state index in [1.54, 1.807) is 4.90 Å². The van der Waals surface area contributed by atoms with E-state index in [1.807, 2.05) is 18.2 Å². The number of fused-ring (bicyclic) bond motifs is 1. The van der Waals surface area contributed by atoms with Crippen LogP contribution < -0.4 is 5.32 Å². The third-order valence-electron chi connectivity index (χ3n) is 3.02. The van der Waals surface area contributed by atoms with Gasteiger partial charge in [-0.05, 0) is 29.7 Å². The second-order valence-electron chi connectivity index (χ2n) is 4.50. The number of hydrogen-bond acceptors (Lipinski definition) is 2. The monoisotopic (exact) mass is 282 g/mol. The highest BCUT2D eigenvalue weighted by atomic mass is 35.5. The normalized spacial score (nSPS) is 13.2. The lowest BCUT2D eigenvalue weighted by atomic mass is 10.1. The molecule has 0 atom stereocenters. The molecule has 1 aliphatic rings. The first-order chi connectivity index (χ1) is 9.06. The summed E-state index contributed by atoms with van der Waals surface area (Å²) in [6.07, 6.45) is 0.504. The maximum absolute atomic E-state index is 11.9. The van der Waals surface area contributed by atoms with Crippen LogP contribution >= 0.6 is 11.6 Å². The number of aliphatic carboxylic acids is 1. The van der Waals surface area contributed by atoms with Gasteiger partial charge < -0.3 is 15.3 Å². The number of carboxylic acids is 1. The highest BCUT2D eigenvalue weighted by Crippen LogP contribution is 2.25. The number of halogens is 1. The van der Waals surface area contributed by atoms with E-state index in [0.29, 0.717) is 31.1 Å². The van der Waals surface area contributed by atoms with Crippen LogP contribution in [0.4, 0.5) is 4.79 Å². The van der Waals surface area contributed by atoms with E-state index in [9.17, 15) is 9.59 Å². The average Bonchev–Trinajstić information content (AvgIpc) is 2.77. The summed E-state index contributed by atoms with van der Waals surface area (Å²) in [6.45, 7) is 1.48. The van der Waals surface area contributed by atoms with Crippen molar-refractivity contribution in [2.75, 3.05) is 6.54 Å². The predicted octanol–water partition coefficient (Wildman–Crippen LogP) is 2.23. The summed E-state index contributed by atoms with van der Waals surface area (Å²) in [5.74, 6) is -0.850. The molecule has 2 N–H and O–H groups in total. The minimum absolute atomic E-state index is 0.0656. The van der Waals surface area contributed by atoms with Gasteiger partial charge >= 0.3 is 12.0 Å². The second-order valence-corrected chi connectivity index (χ2v) is 4.93. The van der Waals surface area contributed by atoms with Crippen LogP contribution in [-0.2, 0) is 17.9 Å². The summed E-state index contributed by atoms with van der Waals surface area (Å²) >= 11 is 5.91. The largest absolute Gasteiger partial charge is 0.481 e. The first kappa shape index (κ1) is 13.7. The lowest BCUT2D eigenvalue weighted by Crippen LogP contribution is -2.37. The molecule has 19 heavy (non-hydrogen) atoms. The zero-order chi connectivity index (χ0) is 13.8. The molecule has 0 radical (unpaired) electrons. The number of rotatable bonds is 4. The van der Waals surface area contributed by atoms with E-state index in [1.165, 1.54) is 0 Å².